The fraction of sp³-hybridized carbons (Fsp3) is 0.857. The molecular formula is C14H33NSi2. The van der Waals surface area contributed by atoms with Gasteiger partial charge in [0.15, 0.2) is 0 Å². The maximum atomic E-state index is 3.94. The molecule has 0 spiro atoms. The van der Waals surface area contributed by atoms with Crippen molar-refractivity contribution >= 4 is 16.1 Å². The summed E-state index contributed by atoms with van der Waals surface area (Å²) in [6, 6.07) is 5.91. The lowest BCUT2D eigenvalue weighted by molar-refractivity contribution is 0.733. The van der Waals surface area contributed by atoms with Crippen molar-refractivity contribution in [1.29, 1.82) is 0 Å². The monoisotopic (exact) mass is 271 g/mol. The predicted molar refractivity (Wildman–Crippen MR) is 87.2 cm³/mol. The predicted octanol–water partition coefficient (Wildman–Crippen LogP) is 4.45. The van der Waals surface area contributed by atoms with Crippen LogP contribution < -0.4 is 5.32 Å². The third-order valence-corrected chi connectivity index (χ3v) is 12.6. The van der Waals surface area contributed by atoms with Crippen molar-refractivity contribution in [3.05, 3.63) is 12.3 Å². The first-order chi connectivity index (χ1) is 7.95. The van der Waals surface area contributed by atoms with E-state index in [4.69, 9.17) is 0 Å². The van der Waals surface area contributed by atoms with Crippen molar-refractivity contribution in [2.45, 2.75) is 64.5 Å². The molecular weight excluding hydrogens is 238 g/mol. The molecule has 0 unspecified atom stereocenters. The van der Waals surface area contributed by atoms with Crippen LogP contribution in [0.1, 0.15) is 27.2 Å². The highest BCUT2D eigenvalue weighted by Crippen LogP contribution is 2.26. The molecule has 1 N–H and O–H groups in total. The van der Waals surface area contributed by atoms with Crippen LogP contribution in [0.4, 0.5) is 0 Å². The Balaban J connectivity index is 3.80. The zero-order chi connectivity index (χ0) is 13.4. The zero-order valence-electron chi connectivity index (χ0n) is 12.7. The molecule has 0 heterocycles. The van der Waals surface area contributed by atoms with Gasteiger partial charge in [-0.25, -0.2) is 0 Å². The Labute approximate surface area is 111 Å². The van der Waals surface area contributed by atoms with Crippen LogP contribution in [-0.2, 0) is 0 Å². The largest absolute Gasteiger partial charge is 0.319 e. The van der Waals surface area contributed by atoms with Gasteiger partial charge in [-0.3, -0.25) is 0 Å². The summed E-state index contributed by atoms with van der Waals surface area (Å²) in [5.41, 5.74) is 2.18. The molecule has 0 rings (SSSR count). The lowest BCUT2D eigenvalue weighted by Crippen LogP contribution is -2.39. The summed E-state index contributed by atoms with van der Waals surface area (Å²) in [5, 5.41) is 3.63. The van der Waals surface area contributed by atoms with Crippen molar-refractivity contribution in [1.82, 2.24) is 5.32 Å². The number of rotatable bonds is 10. The zero-order valence-corrected chi connectivity index (χ0v) is 14.7. The highest BCUT2D eigenvalue weighted by atomic mass is 28.3. The molecule has 0 aliphatic carbocycles. The fourth-order valence-electron chi connectivity index (χ4n) is 2.35. The molecule has 17 heavy (non-hydrogen) atoms. The van der Waals surface area contributed by atoms with Gasteiger partial charge in [-0.1, -0.05) is 58.0 Å². The summed E-state index contributed by atoms with van der Waals surface area (Å²) in [7, 11) is -2.00. The van der Waals surface area contributed by atoms with Crippen LogP contribution in [0.3, 0.4) is 0 Å². The summed E-state index contributed by atoms with van der Waals surface area (Å²) in [5.74, 6) is 0. The van der Waals surface area contributed by atoms with E-state index < -0.39 is 16.1 Å². The summed E-state index contributed by atoms with van der Waals surface area (Å²) >= 11 is 0. The second kappa shape index (κ2) is 8.27. The normalized spacial score (nSPS) is 12.8. The minimum atomic E-state index is -1.13. The molecule has 0 aromatic rings. The molecule has 0 atom stereocenters. The van der Waals surface area contributed by atoms with Gasteiger partial charge in [0.2, 0.25) is 0 Å². The van der Waals surface area contributed by atoms with E-state index >= 15 is 0 Å². The average molecular weight is 272 g/mol. The van der Waals surface area contributed by atoms with Crippen LogP contribution in [0.15, 0.2) is 12.3 Å². The summed E-state index contributed by atoms with van der Waals surface area (Å²) in [6.07, 6.45) is 2.57. The van der Waals surface area contributed by atoms with Gasteiger partial charge in [-0.2, -0.15) is 0 Å². The first-order valence-corrected chi connectivity index (χ1v) is 13.4. The molecule has 0 amide bonds. The van der Waals surface area contributed by atoms with Crippen LogP contribution >= 0.6 is 0 Å². The molecule has 0 fully saturated rings. The van der Waals surface area contributed by atoms with Gasteiger partial charge in [-0.15, -0.1) is 12.3 Å². The van der Waals surface area contributed by atoms with Gasteiger partial charge in [0, 0.05) is 0 Å². The Bertz CT molecular complexity index is 202. The van der Waals surface area contributed by atoms with Crippen LogP contribution in [-0.4, -0.2) is 28.9 Å². The van der Waals surface area contributed by atoms with Crippen molar-refractivity contribution in [2.24, 2.45) is 0 Å². The molecule has 0 bridgehead atoms. The average Bonchev–Trinajstić information content (AvgIpc) is 2.34. The van der Waals surface area contributed by atoms with Crippen LogP contribution in [0.5, 0.6) is 0 Å². The van der Waals surface area contributed by atoms with Gasteiger partial charge < -0.3 is 5.32 Å². The molecule has 0 aliphatic rings. The maximum absolute atomic E-state index is 3.94. The molecule has 0 aliphatic heterocycles. The number of hydrogen-bond donors (Lipinski definition) is 1. The van der Waals surface area contributed by atoms with Crippen LogP contribution in [0.2, 0.25) is 37.3 Å². The lowest BCUT2D eigenvalue weighted by atomic mass is 10.5. The van der Waals surface area contributed by atoms with E-state index in [2.05, 4.69) is 51.5 Å². The van der Waals surface area contributed by atoms with E-state index in [0.717, 1.165) is 0 Å². The first kappa shape index (κ1) is 17.1. The van der Waals surface area contributed by atoms with Gasteiger partial charge in [0.05, 0.1) is 16.1 Å². The summed E-state index contributed by atoms with van der Waals surface area (Å²) < 4.78 is 0. The van der Waals surface area contributed by atoms with Gasteiger partial charge in [0.1, 0.15) is 0 Å². The van der Waals surface area contributed by atoms with Crippen LogP contribution in [0.25, 0.3) is 0 Å². The number of nitrogens with one attached hydrogen (secondary N) is 1. The van der Waals surface area contributed by atoms with Gasteiger partial charge in [-0.05, 0) is 19.1 Å². The Morgan fingerprint density at radius 2 is 1.59 bits per heavy atom. The Morgan fingerprint density at radius 3 is 2.00 bits per heavy atom. The SMILES string of the molecule is C=C[Si](C)(C)CNCCC[Si](CC)(CC)CC. The lowest BCUT2D eigenvalue weighted by Gasteiger charge is -2.28. The molecule has 1 nitrogen and oxygen atoms in total. The Morgan fingerprint density at radius 1 is 1.06 bits per heavy atom. The minimum absolute atomic E-state index is 0.870. The molecule has 0 saturated heterocycles. The third kappa shape index (κ3) is 6.58. The van der Waals surface area contributed by atoms with Gasteiger partial charge in [0.25, 0.3) is 0 Å². The van der Waals surface area contributed by atoms with Crippen molar-refractivity contribution in [3.63, 3.8) is 0 Å². The number of hydrogen-bond acceptors (Lipinski definition) is 1. The third-order valence-electron chi connectivity index (χ3n) is 4.44. The van der Waals surface area contributed by atoms with E-state index in [1.165, 1.54) is 43.3 Å². The topological polar surface area (TPSA) is 12.0 Å². The maximum Gasteiger partial charge on any atom is 0.0851 e. The van der Waals surface area contributed by atoms with E-state index in [-0.39, 0.29) is 0 Å². The quantitative estimate of drug-likeness (QED) is 0.457. The van der Waals surface area contributed by atoms with E-state index in [9.17, 15) is 0 Å². The molecule has 0 saturated carbocycles. The van der Waals surface area contributed by atoms with E-state index in [1.54, 1.807) is 0 Å². The molecule has 0 aromatic heterocycles. The van der Waals surface area contributed by atoms with Crippen molar-refractivity contribution in [2.75, 3.05) is 12.7 Å². The van der Waals surface area contributed by atoms with Crippen LogP contribution in [0, 0.1) is 0 Å². The smallest absolute Gasteiger partial charge is 0.0851 e. The molecule has 102 valence electrons. The highest BCUT2D eigenvalue weighted by molar-refractivity contribution is 6.82. The van der Waals surface area contributed by atoms with E-state index in [1.807, 2.05) is 0 Å². The standard InChI is InChI=1S/C14H33NSi2/c1-7-16(5,6)14-15-12-11-13-17(8-2,9-3)10-4/h7,15H,1,8-14H2,2-6H3. The van der Waals surface area contributed by atoms with Crippen molar-refractivity contribution < 1.29 is 0 Å². The Kier molecular flexibility index (Phi) is 8.34. The highest BCUT2D eigenvalue weighted by Gasteiger charge is 2.25. The molecule has 3 heteroatoms. The molecule has 0 radical (unpaired) electrons. The second-order valence-electron chi connectivity index (χ2n) is 6.03. The minimum Gasteiger partial charge on any atom is -0.319 e. The summed E-state index contributed by atoms with van der Waals surface area (Å²) in [4.78, 5) is 0. The van der Waals surface area contributed by atoms with Gasteiger partial charge >= 0.3 is 0 Å². The fourth-order valence-corrected chi connectivity index (χ4v) is 6.80. The Hall–Kier alpha value is 0.134. The second-order valence-corrected chi connectivity index (χ2v) is 16.4. The van der Waals surface area contributed by atoms with E-state index in [0.29, 0.717) is 0 Å². The molecule has 0 aromatic carbocycles. The van der Waals surface area contributed by atoms with Crippen molar-refractivity contribution in [3.8, 4) is 0 Å². The summed E-state index contributed by atoms with van der Waals surface area (Å²) in [6.45, 7) is 17.1. The first-order valence-electron chi connectivity index (χ1n) is 7.29.